The second-order valence-corrected chi connectivity index (χ2v) is 7.38. The molecule has 0 saturated heterocycles. The maximum Gasteiger partial charge on any atom is 0.259 e. The highest BCUT2D eigenvalue weighted by molar-refractivity contribution is 7.89. The fraction of sp³-hybridized carbons (Fsp3) is 0.231. The number of rotatable bonds is 6. The first-order valence-electron chi connectivity index (χ1n) is 6.59. The number of imidazole rings is 1. The Hall–Kier alpha value is -1.97. The number of aromatic nitrogens is 4. The molecule has 9 heteroatoms. The number of sulfonamides is 1. The molecule has 0 bridgehead atoms. The third-order valence-corrected chi connectivity index (χ3v) is 5.24. The van der Waals surface area contributed by atoms with Crippen molar-refractivity contribution in [2.24, 2.45) is 7.05 Å². The van der Waals surface area contributed by atoms with E-state index in [1.165, 1.54) is 12.5 Å². The fourth-order valence-corrected chi connectivity index (χ4v) is 3.63. The monoisotopic (exact) mass is 337 g/mol. The SMILES string of the molecule is Cn1cnc(S(=O)(=O)NCCn2ccc(-c3cccs3)n2)c1. The van der Waals surface area contributed by atoms with Gasteiger partial charge in [0.1, 0.15) is 5.69 Å². The van der Waals surface area contributed by atoms with Gasteiger partial charge in [-0.3, -0.25) is 4.68 Å². The van der Waals surface area contributed by atoms with E-state index in [1.807, 2.05) is 29.8 Å². The van der Waals surface area contributed by atoms with Crippen LogP contribution in [0.3, 0.4) is 0 Å². The average molecular weight is 337 g/mol. The highest BCUT2D eigenvalue weighted by Crippen LogP contribution is 2.22. The quantitative estimate of drug-likeness (QED) is 0.735. The van der Waals surface area contributed by atoms with Gasteiger partial charge in [-0.15, -0.1) is 11.3 Å². The van der Waals surface area contributed by atoms with Crippen molar-refractivity contribution in [2.45, 2.75) is 11.6 Å². The van der Waals surface area contributed by atoms with Crippen molar-refractivity contribution in [2.75, 3.05) is 6.54 Å². The maximum atomic E-state index is 12.0. The largest absolute Gasteiger partial charge is 0.339 e. The van der Waals surface area contributed by atoms with Crippen LogP contribution in [0.15, 0.2) is 47.3 Å². The molecule has 0 aliphatic carbocycles. The number of aryl methyl sites for hydroxylation is 1. The van der Waals surface area contributed by atoms with Gasteiger partial charge in [0.05, 0.1) is 17.7 Å². The van der Waals surface area contributed by atoms with Crippen molar-refractivity contribution in [3.63, 3.8) is 0 Å². The molecule has 3 rings (SSSR count). The molecular formula is C13H15N5O2S2. The smallest absolute Gasteiger partial charge is 0.259 e. The molecule has 0 fully saturated rings. The van der Waals surface area contributed by atoms with Gasteiger partial charge in [-0.25, -0.2) is 18.1 Å². The van der Waals surface area contributed by atoms with Gasteiger partial charge in [0.2, 0.25) is 0 Å². The minimum absolute atomic E-state index is 0.0229. The van der Waals surface area contributed by atoms with Gasteiger partial charge in [-0.2, -0.15) is 5.10 Å². The molecule has 0 amide bonds. The first-order chi connectivity index (χ1) is 10.5. The van der Waals surface area contributed by atoms with Crippen LogP contribution in [0.25, 0.3) is 10.6 Å². The molecule has 0 spiro atoms. The second kappa shape index (κ2) is 6.03. The standard InChI is InChI=1S/C13H15N5O2S2/c1-17-9-13(14-10-17)22(19,20)15-5-7-18-6-4-11(16-18)12-3-2-8-21-12/h2-4,6,8-10,15H,5,7H2,1H3. The van der Waals surface area contributed by atoms with Crippen molar-refractivity contribution >= 4 is 21.4 Å². The molecule has 3 aromatic heterocycles. The van der Waals surface area contributed by atoms with Gasteiger partial charge in [-0.1, -0.05) is 6.07 Å². The van der Waals surface area contributed by atoms with Gasteiger partial charge < -0.3 is 4.57 Å². The van der Waals surface area contributed by atoms with Gasteiger partial charge >= 0.3 is 0 Å². The van der Waals surface area contributed by atoms with Crippen LogP contribution in [0, 0.1) is 0 Å². The van der Waals surface area contributed by atoms with E-state index in [9.17, 15) is 8.42 Å². The summed E-state index contributed by atoms with van der Waals surface area (Å²) < 4.78 is 29.9. The van der Waals surface area contributed by atoms with Crippen molar-refractivity contribution in [1.29, 1.82) is 0 Å². The molecule has 0 radical (unpaired) electrons. The number of hydrogen-bond donors (Lipinski definition) is 1. The molecule has 7 nitrogen and oxygen atoms in total. The van der Waals surface area contributed by atoms with E-state index in [-0.39, 0.29) is 11.6 Å². The second-order valence-electron chi connectivity index (χ2n) is 4.72. The van der Waals surface area contributed by atoms with E-state index in [0.717, 1.165) is 10.6 Å². The highest BCUT2D eigenvalue weighted by Gasteiger charge is 2.16. The van der Waals surface area contributed by atoms with Gasteiger partial charge in [0, 0.05) is 26.0 Å². The summed E-state index contributed by atoms with van der Waals surface area (Å²) in [6.45, 7) is 0.710. The Morgan fingerprint density at radius 3 is 2.91 bits per heavy atom. The minimum atomic E-state index is -3.57. The number of hydrogen-bond acceptors (Lipinski definition) is 5. The molecule has 0 unspecified atom stereocenters. The fourth-order valence-electron chi connectivity index (χ4n) is 1.94. The normalized spacial score (nSPS) is 11.9. The summed E-state index contributed by atoms with van der Waals surface area (Å²) in [5, 5.41) is 6.44. The molecule has 3 aromatic rings. The van der Waals surface area contributed by atoms with Gasteiger partial charge in [0.15, 0.2) is 5.03 Å². The van der Waals surface area contributed by atoms with E-state index in [2.05, 4.69) is 14.8 Å². The van der Waals surface area contributed by atoms with Crippen LogP contribution in [0.4, 0.5) is 0 Å². The minimum Gasteiger partial charge on any atom is -0.339 e. The summed E-state index contributed by atoms with van der Waals surface area (Å²) in [5.74, 6) is 0. The van der Waals surface area contributed by atoms with Crippen molar-refractivity contribution in [3.8, 4) is 10.6 Å². The zero-order valence-corrected chi connectivity index (χ0v) is 13.5. The van der Waals surface area contributed by atoms with Crippen LogP contribution in [0.5, 0.6) is 0 Å². The molecule has 22 heavy (non-hydrogen) atoms. The zero-order chi connectivity index (χ0) is 15.6. The summed E-state index contributed by atoms with van der Waals surface area (Å²) in [5.41, 5.74) is 0.891. The number of thiophene rings is 1. The molecule has 0 aromatic carbocycles. The topological polar surface area (TPSA) is 81.8 Å². The first kappa shape index (κ1) is 14.9. The first-order valence-corrected chi connectivity index (χ1v) is 8.96. The lowest BCUT2D eigenvalue weighted by atomic mass is 10.3. The Morgan fingerprint density at radius 2 is 2.23 bits per heavy atom. The predicted octanol–water partition coefficient (Wildman–Crippen LogP) is 1.32. The molecule has 116 valence electrons. The van der Waals surface area contributed by atoms with Crippen LogP contribution in [-0.2, 0) is 23.6 Å². The predicted molar refractivity (Wildman–Crippen MR) is 83.9 cm³/mol. The summed E-state index contributed by atoms with van der Waals surface area (Å²) in [6.07, 6.45) is 4.75. The molecular weight excluding hydrogens is 322 g/mol. The van der Waals surface area contributed by atoms with Crippen LogP contribution in [0.2, 0.25) is 0 Å². The average Bonchev–Trinajstić information content (AvgIpc) is 3.18. The lowest BCUT2D eigenvalue weighted by Crippen LogP contribution is -2.27. The van der Waals surface area contributed by atoms with Crippen LogP contribution in [-0.4, -0.2) is 34.3 Å². The van der Waals surface area contributed by atoms with E-state index in [1.54, 1.807) is 27.6 Å². The molecule has 0 saturated carbocycles. The molecule has 0 aliphatic heterocycles. The summed E-state index contributed by atoms with van der Waals surface area (Å²) >= 11 is 1.62. The van der Waals surface area contributed by atoms with Crippen molar-refractivity contribution < 1.29 is 8.42 Å². The number of nitrogens with zero attached hydrogens (tertiary/aromatic N) is 4. The lowest BCUT2D eigenvalue weighted by Gasteiger charge is -2.04. The molecule has 0 aliphatic rings. The summed E-state index contributed by atoms with van der Waals surface area (Å²) in [6, 6.07) is 5.89. The van der Waals surface area contributed by atoms with Crippen LogP contribution < -0.4 is 4.72 Å². The third kappa shape index (κ3) is 3.26. The van der Waals surface area contributed by atoms with E-state index < -0.39 is 10.0 Å². The molecule has 3 heterocycles. The Labute approximate surface area is 132 Å². The Balaban J connectivity index is 1.59. The molecule has 0 atom stereocenters. The Morgan fingerprint density at radius 1 is 1.36 bits per heavy atom. The lowest BCUT2D eigenvalue weighted by molar-refractivity contribution is 0.559. The third-order valence-electron chi connectivity index (χ3n) is 3.00. The molecule has 1 N–H and O–H groups in total. The zero-order valence-electron chi connectivity index (χ0n) is 11.9. The van der Waals surface area contributed by atoms with Gasteiger partial charge in [0.25, 0.3) is 10.0 Å². The highest BCUT2D eigenvalue weighted by atomic mass is 32.2. The summed E-state index contributed by atoms with van der Waals surface area (Å²) in [4.78, 5) is 4.93. The number of nitrogens with one attached hydrogen (secondary N) is 1. The Bertz CT molecular complexity index is 849. The van der Waals surface area contributed by atoms with E-state index in [0.29, 0.717) is 6.54 Å². The van der Waals surface area contributed by atoms with Crippen molar-refractivity contribution in [3.05, 3.63) is 42.3 Å². The Kier molecular flexibility index (Phi) is 4.10. The maximum absolute atomic E-state index is 12.0. The van der Waals surface area contributed by atoms with Crippen LogP contribution >= 0.6 is 11.3 Å². The van der Waals surface area contributed by atoms with Crippen molar-refractivity contribution in [1.82, 2.24) is 24.1 Å². The van der Waals surface area contributed by atoms with Gasteiger partial charge in [-0.05, 0) is 17.5 Å². The van der Waals surface area contributed by atoms with E-state index in [4.69, 9.17) is 0 Å². The summed E-state index contributed by atoms with van der Waals surface area (Å²) in [7, 11) is -1.84. The van der Waals surface area contributed by atoms with Crippen LogP contribution in [0.1, 0.15) is 0 Å². The van der Waals surface area contributed by atoms with E-state index >= 15 is 0 Å².